The molecule has 1 amide bonds. The second-order valence-corrected chi connectivity index (χ2v) is 8.57. The Morgan fingerprint density at radius 2 is 1.80 bits per heavy atom. The van der Waals surface area contributed by atoms with E-state index in [1.807, 2.05) is 64.2 Å². The van der Waals surface area contributed by atoms with Gasteiger partial charge in [-0.2, -0.15) is 0 Å². The van der Waals surface area contributed by atoms with Gasteiger partial charge in [0.15, 0.2) is 5.82 Å². The lowest BCUT2D eigenvalue weighted by Gasteiger charge is -2.35. The van der Waals surface area contributed by atoms with Gasteiger partial charge >= 0.3 is 0 Å². The zero-order valence-corrected chi connectivity index (χ0v) is 17.5. The first-order chi connectivity index (χ1) is 14.7. The van der Waals surface area contributed by atoms with Gasteiger partial charge in [-0.1, -0.05) is 54.2 Å². The normalized spacial score (nSPS) is 20.5. The van der Waals surface area contributed by atoms with Gasteiger partial charge in [-0.15, -0.1) is 10.2 Å². The Hall–Kier alpha value is -3.00. The summed E-state index contributed by atoms with van der Waals surface area (Å²) < 4.78 is 7.21. The molecular formula is C22H23N5O2S. The topological polar surface area (TPSA) is 72.3 Å². The van der Waals surface area contributed by atoms with Crippen LogP contribution in [0.4, 0.5) is 0 Å². The van der Waals surface area contributed by atoms with Crippen LogP contribution in [0.2, 0.25) is 0 Å². The zero-order chi connectivity index (χ0) is 20.5. The van der Waals surface area contributed by atoms with E-state index < -0.39 is 0 Å². The van der Waals surface area contributed by atoms with Crippen molar-refractivity contribution in [1.29, 1.82) is 0 Å². The molecule has 8 heteroatoms. The summed E-state index contributed by atoms with van der Waals surface area (Å²) in [5, 5.41) is 9.17. The largest absolute Gasteiger partial charge is 0.497 e. The highest BCUT2D eigenvalue weighted by Crippen LogP contribution is 2.40. The number of hydrogen-bond donors (Lipinski definition) is 1. The Labute approximate surface area is 179 Å². The van der Waals surface area contributed by atoms with Crippen molar-refractivity contribution in [1.82, 2.24) is 19.8 Å². The highest BCUT2D eigenvalue weighted by molar-refractivity contribution is 8.00. The van der Waals surface area contributed by atoms with E-state index in [2.05, 4.69) is 15.6 Å². The van der Waals surface area contributed by atoms with Gasteiger partial charge in [0, 0.05) is 18.7 Å². The minimum Gasteiger partial charge on any atom is -0.497 e. The lowest BCUT2D eigenvalue weighted by Crippen LogP contribution is -2.45. The number of fused-ring (bicyclic) bond motifs is 1. The van der Waals surface area contributed by atoms with E-state index in [1.54, 1.807) is 7.11 Å². The zero-order valence-electron chi connectivity index (χ0n) is 16.7. The van der Waals surface area contributed by atoms with Crippen molar-refractivity contribution in [3.63, 3.8) is 0 Å². The molecule has 2 aromatic carbocycles. The van der Waals surface area contributed by atoms with Crippen LogP contribution >= 0.6 is 11.8 Å². The molecule has 7 nitrogen and oxygen atoms in total. The second kappa shape index (κ2) is 8.02. The molecule has 1 N–H and O–H groups in total. The maximum Gasteiger partial charge on any atom is 0.238 e. The Morgan fingerprint density at radius 1 is 1.07 bits per heavy atom. The molecule has 5 rings (SSSR count). The lowest BCUT2D eigenvalue weighted by atomic mass is 10.0. The predicted molar refractivity (Wildman–Crippen MR) is 116 cm³/mol. The van der Waals surface area contributed by atoms with Crippen LogP contribution in [0.25, 0.3) is 11.4 Å². The number of hydrogen-bond acceptors (Lipinski definition) is 6. The minimum atomic E-state index is -0.309. The van der Waals surface area contributed by atoms with E-state index in [-0.39, 0.29) is 17.2 Å². The van der Waals surface area contributed by atoms with Crippen LogP contribution in [-0.4, -0.2) is 51.1 Å². The average Bonchev–Trinajstić information content (AvgIpc) is 3.48. The number of benzene rings is 2. The summed E-state index contributed by atoms with van der Waals surface area (Å²) in [5.74, 6) is 1.68. The Bertz CT molecular complexity index is 1030. The van der Waals surface area contributed by atoms with Gasteiger partial charge in [0.1, 0.15) is 11.0 Å². The fourth-order valence-electron chi connectivity index (χ4n) is 4.00. The fourth-order valence-corrected chi connectivity index (χ4v) is 5.16. The maximum absolute atomic E-state index is 13.4. The summed E-state index contributed by atoms with van der Waals surface area (Å²) >= 11 is 1.48. The predicted octanol–water partition coefficient (Wildman–Crippen LogP) is 3.34. The maximum atomic E-state index is 13.4. The molecule has 0 saturated carbocycles. The Morgan fingerprint density at radius 3 is 2.50 bits per heavy atom. The summed E-state index contributed by atoms with van der Waals surface area (Å²) in [5.41, 5.74) is 5.54. The highest BCUT2D eigenvalue weighted by atomic mass is 32.2. The lowest BCUT2D eigenvalue weighted by molar-refractivity contribution is -0.129. The van der Waals surface area contributed by atoms with Crippen molar-refractivity contribution in [2.24, 2.45) is 0 Å². The van der Waals surface area contributed by atoms with E-state index in [4.69, 9.17) is 4.74 Å². The third-order valence-corrected chi connectivity index (χ3v) is 6.81. The smallest absolute Gasteiger partial charge is 0.238 e. The molecule has 0 bridgehead atoms. The number of likely N-dealkylation sites (tertiary alicyclic amines) is 1. The quantitative estimate of drug-likeness (QED) is 0.697. The molecule has 3 heterocycles. The SMILES string of the molecule is COc1ccc(C2Nn3c(nnc3-c3ccccc3)SC2C(=O)N2CCCC2)cc1. The van der Waals surface area contributed by atoms with Crippen LogP contribution in [0, 0.1) is 0 Å². The summed E-state index contributed by atoms with van der Waals surface area (Å²) in [4.78, 5) is 15.3. The number of nitrogens with one attached hydrogen (secondary N) is 1. The molecule has 1 fully saturated rings. The molecule has 0 aliphatic carbocycles. The molecule has 2 unspecified atom stereocenters. The van der Waals surface area contributed by atoms with Crippen LogP contribution in [-0.2, 0) is 4.79 Å². The van der Waals surface area contributed by atoms with Gasteiger partial charge in [0.2, 0.25) is 11.1 Å². The molecule has 0 radical (unpaired) electrons. The van der Waals surface area contributed by atoms with Gasteiger partial charge in [-0.3, -0.25) is 4.79 Å². The third-order valence-electron chi connectivity index (χ3n) is 5.60. The number of thioether (sulfide) groups is 1. The van der Waals surface area contributed by atoms with Gasteiger partial charge in [0.05, 0.1) is 13.2 Å². The standard InChI is InChI=1S/C22H23N5O2S/c1-29-17-11-9-15(10-12-17)18-19(21(28)26-13-5-6-14-26)30-22-24-23-20(27(22)25-18)16-7-3-2-4-8-16/h2-4,7-12,18-19,25H,5-6,13-14H2,1H3. The molecule has 2 aliphatic rings. The molecule has 0 spiro atoms. The van der Waals surface area contributed by atoms with Crippen LogP contribution < -0.4 is 10.2 Å². The number of carbonyl (C=O) groups excluding carboxylic acids is 1. The monoisotopic (exact) mass is 421 g/mol. The number of aromatic nitrogens is 3. The Balaban J connectivity index is 1.53. The molecular weight excluding hydrogens is 398 g/mol. The first kappa shape index (κ1) is 19.0. The molecule has 30 heavy (non-hydrogen) atoms. The summed E-state index contributed by atoms with van der Waals surface area (Å²) in [7, 11) is 1.65. The van der Waals surface area contributed by atoms with Crippen LogP contribution in [0.1, 0.15) is 24.4 Å². The number of nitrogens with zero attached hydrogens (tertiary/aromatic N) is 4. The van der Waals surface area contributed by atoms with E-state index in [0.29, 0.717) is 5.16 Å². The highest BCUT2D eigenvalue weighted by Gasteiger charge is 2.40. The fraction of sp³-hybridized carbons (Fsp3) is 0.318. The first-order valence-corrected chi connectivity index (χ1v) is 11.0. The third kappa shape index (κ3) is 3.41. The van der Waals surface area contributed by atoms with Crippen LogP contribution in [0.3, 0.4) is 0 Å². The Kier molecular flexibility index (Phi) is 5.08. The van der Waals surface area contributed by atoms with Crippen molar-refractivity contribution in [2.45, 2.75) is 29.3 Å². The van der Waals surface area contributed by atoms with Crippen LogP contribution in [0.15, 0.2) is 59.8 Å². The van der Waals surface area contributed by atoms with Crippen molar-refractivity contribution in [3.8, 4) is 17.1 Å². The number of methoxy groups -OCH3 is 1. The van der Waals surface area contributed by atoms with Gasteiger partial charge in [-0.25, -0.2) is 4.68 Å². The molecule has 1 aromatic heterocycles. The number of amides is 1. The van der Waals surface area contributed by atoms with Gasteiger partial charge < -0.3 is 15.1 Å². The average molecular weight is 422 g/mol. The van der Waals surface area contributed by atoms with E-state index in [0.717, 1.165) is 48.6 Å². The van der Waals surface area contributed by atoms with E-state index in [1.165, 1.54) is 11.8 Å². The molecule has 2 aliphatic heterocycles. The van der Waals surface area contributed by atoms with Gasteiger partial charge in [-0.05, 0) is 30.5 Å². The summed E-state index contributed by atoms with van der Waals surface area (Å²) in [6.45, 7) is 1.65. The van der Waals surface area contributed by atoms with Crippen molar-refractivity contribution >= 4 is 17.7 Å². The molecule has 154 valence electrons. The first-order valence-electron chi connectivity index (χ1n) is 10.1. The van der Waals surface area contributed by atoms with Crippen molar-refractivity contribution in [2.75, 3.05) is 25.6 Å². The number of rotatable bonds is 4. The van der Waals surface area contributed by atoms with Crippen LogP contribution in [0.5, 0.6) is 5.75 Å². The second-order valence-electron chi connectivity index (χ2n) is 7.46. The van der Waals surface area contributed by atoms with E-state index >= 15 is 0 Å². The van der Waals surface area contributed by atoms with Crippen molar-refractivity contribution < 1.29 is 9.53 Å². The number of ether oxygens (including phenoxy) is 1. The minimum absolute atomic E-state index is 0.154. The molecule has 3 aromatic rings. The number of carbonyl (C=O) groups is 1. The van der Waals surface area contributed by atoms with Gasteiger partial charge in [0.25, 0.3) is 0 Å². The summed E-state index contributed by atoms with van der Waals surface area (Å²) in [6, 6.07) is 17.6. The van der Waals surface area contributed by atoms with Crippen molar-refractivity contribution in [3.05, 3.63) is 60.2 Å². The molecule has 1 saturated heterocycles. The van der Waals surface area contributed by atoms with E-state index in [9.17, 15) is 4.79 Å². The molecule has 2 atom stereocenters. The summed E-state index contributed by atoms with van der Waals surface area (Å²) in [6.07, 6.45) is 2.14.